The van der Waals surface area contributed by atoms with Crippen LogP contribution in [0.2, 0.25) is 0 Å². The molecule has 1 aromatic heterocycles. The average Bonchev–Trinajstić information content (AvgIpc) is 2.28. The van der Waals surface area contributed by atoms with Gasteiger partial charge in [-0.05, 0) is 6.92 Å². The van der Waals surface area contributed by atoms with Crippen molar-refractivity contribution in [3.05, 3.63) is 18.5 Å². The third-order valence-electron chi connectivity index (χ3n) is 1.88. The second-order valence-corrected chi connectivity index (χ2v) is 3.26. The summed E-state index contributed by atoms with van der Waals surface area (Å²) in [7, 11) is 1.51. The lowest BCUT2D eigenvalue weighted by Gasteiger charge is -2.11. The first-order chi connectivity index (χ1) is 7.69. The molecule has 6 nitrogen and oxygen atoms in total. The van der Waals surface area contributed by atoms with E-state index >= 15 is 0 Å². The molecule has 0 aromatic carbocycles. The summed E-state index contributed by atoms with van der Waals surface area (Å²) in [5.41, 5.74) is 3.46. The van der Waals surface area contributed by atoms with Crippen LogP contribution >= 0.6 is 0 Å². The van der Waals surface area contributed by atoms with Crippen molar-refractivity contribution < 1.29 is 9.47 Å². The van der Waals surface area contributed by atoms with Gasteiger partial charge in [0.1, 0.15) is 6.33 Å². The van der Waals surface area contributed by atoms with Gasteiger partial charge in [0.05, 0.1) is 13.7 Å². The van der Waals surface area contributed by atoms with Crippen LogP contribution in [-0.4, -0.2) is 23.7 Å². The Morgan fingerprint density at radius 3 is 2.88 bits per heavy atom. The number of anilines is 1. The SMILES string of the molecule is C=C(C)CCOc1ncnc(NN)c1OC. The Morgan fingerprint density at radius 2 is 2.31 bits per heavy atom. The fourth-order valence-corrected chi connectivity index (χ4v) is 1.07. The topological polar surface area (TPSA) is 82.3 Å². The molecule has 6 heteroatoms. The monoisotopic (exact) mass is 224 g/mol. The van der Waals surface area contributed by atoms with Gasteiger partial charge in [0.15, 0.2) is 5.82 Å². The summed E-state index contributed by atoms with van der Waals surface area (Å²) in [6.07, 6.45) is 2.12. The zero-order valence-electron chi connectivity index (χ0n) is 9.49. The van der Waals surface area contributed by atoms with Crippen LogP contribution in [0.1, 0.15) is 13.3 Å². The molecule has 0 atom stereocenters. The zero-order chi connectivity index (χ0) is 12.0. The lowest BCUT2D eigenvalue weighted by atomic mass is 10.3. The van der Waals surface area contributed by atoms with Crippen LogP contribution < -0.4 is 20.7 Å². The normalized spacial score (nSPS) is 9.69. The molecule has 0 spiro atoms. The second-order valence-electron chi connectivity index (χ2n) is 3.26. The van der Waals surface area contributed by atoms with Gasteiger partial charge in [-0.2, -0.15) is 4.98 Å². The number of nitrogens with zero attached hydrogens (tertiary/aromatic N) is 2. The van der Waals surface area contributed by atoms with E-state index in [9.17, 15) is 0 Å². The number of nitrogen functional groups attached to an aromatic ring is 1. The summed E-state index contributed by atoms with van der Waals surface area (Å²) in [5, 5.41) is 0. The number of hydrogen-bond acceptors (Lipinski definition) is 6. The van der Waals surface area contributed by atoms with E-state index in [-0.39, 0.29) is 0 Å². The predicted octanol–water partition coefficient (Wildman–Crippen LogP) is 1.12. The maximum absolute atomic E-state index is 5.45. The van der Waals surface area contributed by atoms with Crippen LogP contribution in [0.3, 0.4) is 0 Å². The first kappa shape index (κ1) is 12.3. The fraction of sp³-hybridized carbons (Fsp3) is 0.400. The van der Waals surface area contributed by atoms with Crippen molar-refractivity contribution in [3.63, 3.8) is 0 Å². The largest absolute Gasteiger partial charge is 0.489 e. The highest BCUT2D eigenvalue weighted by molar-refractivity contribution is 5.54. The molecule has 0 bridgehead atoms. The molecule has 0 aliphatic rings. The van der Waals surface area contributed by atoms with Crippen molar-refractivity contribution in [2.24, 2.45) is 5.84 Å². The lowest BCUT2D eigenvalue weighted by Crippen LogP contribution is -2.11. The molecule has 0 unspecified atom stereocenters. The van der Waals surface area contributed by atoms with E-state index in [0.717, 1.165) is 12.0 Å². The molecule has 88 valence electrons. The smallest absolute Gasteiger partial charge is 0.262 e. The van der Waals surface area contributed by atoms with E-state index in [1.54, 1.807) is 0 Å². The van der Waals surface area contributed by atoms with Gasteiger partial charge in [-0.15, -0.1) is 6.58 Å². The minimum atomic E-state index is 0.367. The van der Waals surface area contributed by atoms with Gasteiger partial charge >= 0.3 is 0 Å². The van der Waals surface area contributed by atoms with E-state index in [2.05, 4.69) is 22.0 Å². The first-order valence-electron chi connectivity index (χ1n) is 4.81. The number of nitrogens with one attached hydrogen (secondary N) is 1. The molecule has 0 saturated heterocycles. The highest BCUT2D eigenvalue weighted by atomic mass is 16.5. The highest BCUT2D eigenvalue weighted by Gasteiger charge is 2.12. The third kappa shape index (κ3) is 3.09. The van der Waals surface area contributed by atoms with Gasteiger partial charge in [-0.3, -0.25) is 0 Å². The number of rotatable bonds is 6. The summed E-state index contributed by atoms with van der Waals surface area (Å²) >= 11 is 0. The predicted molar refractivity (Wildman–Crippen MR) is 61.3 cm³/mol. The van der Waals surface area contributed by atoms with Gasteiger partial charge in [-0.1, -0.05) is 5.57 Å². The molecule has 1 rings (SSSR count). The summed E-state index contributed by atoms with van der Waals surface area (Å²) in [4.78, 5) is 7.87. The Labute approximate surface area is 94.5 Å². The van der Waals surface area contributed by atoms with Gasteiger partial charge in [-0.25, -0.2) is 10.8 Å². The van der Waals surface area contributed by atoms with Crippen molar-refractivity contribution in [2.45, 2.75) is 13.3 Å². The molecule has 3 N–H and O–H groups in total. The molecule has 16 heavy (non-hydrogen) atoms. The molecule has 1 heterocycles. The minimum Gasteiger partial charge on any atom is -0.489 e. The van der Waals surface area contributed by atoms with Gasteiger partial charge in [0.2, 0.25) is 5.75 Å². The van der Waals surface area contributed by atoms with Crippen LogP contribution in [0.5, 0.6) is 11.6 Å². The number of aromatic nitrogens is 2. The molecule has 0 saturated carbocycles. The third-order valence-corrected chi connectivity index (χ3v) is 1.88. The van der Waals surface area contributed by atoms with Gasteiger partial charge < -0.3 is 14.9 Å². The Morgan fingerprint density at radius 1 is 1.56 bits per heavy atom. The van der Waals surface area contributed by atoms with Crippen LogP contribution in [0, 0.1) is 0 Å². The quantitative estimate of drug-likeness (QED) is 0.428. The van der Waals surface area contributed by atoms with E-state index < -0.39 is 0 Å². The summed E-state index contributed by atoms with van der Waals surface area (Å²) in [6.45, 7) is 6.22. The lowest BCUT2D eigenvalue weighted by molar-refractivity contribution is 0.285. The number of hydrogen-bond donors (Lipinski definition) is 2. The van der Waals surface area contributed by atoms with Crippen LogP contribution in [0.25, 0.3) is 0 Å². The zero-order valence-corrected chi connectivity index (χ0v) is 9.49. The van der Waals surface area contributed by atoms with Crippen molar-refractivity contribution in [1.29, 1.82) is 0 Å². The van der Waals surface area contributed by atoms with Gasteiger partial charge in [0, 0.05) is 6.42 Å². The molecule has 0 aliphatic carbocycles. The highest BCUT2D eigenvalue weighted by Crippen LogP contribution is 2.30. The maximum atomic E-state index is 5.45. The minimum absolute atomic E-state index is 0.367. The van der Waals surface area contributed by atoms with Crippen molar-refractivity contribution in [1.82, 2.24) is 9.97 Å². The molecule has 0 radical (unpaired) electrons. The van der Waals surface area contributed by atoms with E-state index in [0.29, 0.717) is 24.1 Å². The molecular formula is C10H16N4O2. The second kappa shape index (κ2) is 5.92. The average molecular weight is 224 g/mol. The number of methoxy groups -OCH3 is 1. The van der Waals surface area contributed by atoms with Crippen molar-refractivity contribution in [2.75, 3.05) is 19.1 Å². The van der Waals surface area contributed by atoms with E-state index in [4.69, 9.17) is 15.3 Å². The van der Waals surface area contributed by atoms with Gasteiger partial charge in [0.25, 0.3) is 5.88 Å². The Hall–Kier alpha value is -1.82. The van der Waals surface area contributed by atoms with Crippen LogP contribution in [0.4, 0.5) is 5.82 Å². The fourth-order valence-electron chi connectivity index (χ4n) is 1.07. The summed E-state index contributed by atoms with van der Waals surface area (Å²) < 4.78 is 10.6. The number of ether oxygens (including phenoxy) is 2. The Balaban J connectivity index is 2.74. The first-order valence-corrected chi connectivity index (χ1v) is 4.81. The van der Waals surface area contributed by atoms with E-state index in [1.165, 1.54) is 13.4 Å². The molecule has 0 amide bonds. The van der Waals surface area contributed by atoms with Crippen molar-refractivity contribution in [3.8, 4) is 11.6 Å². The number of nitrogens with two attached hydrogens (primary N) is 1. The van der Waals surface area contributed by atoms with Crippen LogP contribution in [-0.2, 0) is 0 Å². The number of hydrazine groups is 1. The Bertz CT molecular complexity index is 368. The molecule has 0 aliphatic heterocycles. The maximum Gasteiger partial charge on any atom is 0.262 e. The Kier molecular flexibility index (Phi) is 4.53. The van der Waals surface area contributed by atoms with Crippen LogP contribution in [0.15, 0.2) is 18.5 Å². The molecular weight excluding hydrogens is 208 g/mol. The molecule has 0 fully saturated rings. The standard InChI is InChI=1S/C10H16N4O2/c1-7(2)4-5-16-10-8(15-3)9(14-11)12-6-13-10/h6H,1,4-5,11H2,2-3H3,(H,12,13,14). The van der Waals surface area contributed by atoms with Crippen molar-refractivity contribution >= 4 is 5.82 Å². The van der Waals surface area contributed by atoms with E-state index in [1.807, 2.05) is 6.92 Å². The summed E-state index contributed by atoms with van der Waals surface area (Å²) in [6, 6.07) is 0. The summed E-state index contributed by atoms with van der Waals surface area (Å²) in [5.74, 6) is 6.44. The molecule has 1 aromatic rings.